The van der Waals surface area contributed by atoms with Gasteiger partial charge in [-0.15, -0.1) is 21.5 Å². The quantitative estimate of drug-likeness (QED) is 0.504. The Morgan fingerprint density at radius 3 is 3.04 bits per heavy atom. The fraction of sp³-hybridized carbons (Fsp3) is 0.562. The number of hydrogen-bond acceptors (Lipinski definition) is 6. The van der Waals surface area contributed by atoms with Gasteiger partial charge in [-0.1, -0.05) is 17.8 Å². The van der Waals surface area contributed by atoms with E-state index in [-0.39, 0.29) is 5.91 Å². The van der Waals surface area contributed by atoms with Gasteiger partial charge in [0.25, 0.3) is 0 Å². The van der Waals surface area contributed by atoms with Gasteiger partial charge in [0.2, 0.25) is 5.91 Å². The number of rotatable bonds is 10. The van der Waals surface area contributed by atoms with E-state index in [1.807, 2.05) is 11.8 Å². The first-order valence-corrected chi connectivity index (χ1v) is 11.2. The van der Waals surface area contributed by atoms with E-state index >= 15 is 0 Å². The van der Waals surface area contributed by atoms with Crippen LogP contribution in [0.15, 0.2) is 22.7 Å². The lowest BCUT2D eigenvalue weighted by Gasteiger charge is -2.07. The lowest BCUT2D eigenvalue weighted by molar-refractivity contribution is -0.118. The van der Waals surface area contributed by atoms with E-state index in [0.29, 0.717) is 18.2 Å². The van der Waals surface area contributed by atoms with Gasteiger partial charge in [-0.05, 0) is 31.2 Å². The van der Waals surface area contributed by atoms with Crippen LogP contribution in [0, 0.1) is 0 Å². The minimum absolute atomic E-state index is 0.0651. The SMILES string of the molecule is CCn1c(SCC(=O)NCCSCc2cccs2)nnc1C1CC1. The number of thiophene rings is 1. The first kappa shape index (κ1) is 17.8. The molecule has 130 valence electrons. The Morgan fingerprint density at radius 2 is 2.33 bits per heavy atom. The van der Waals surface area contributed by atoms with Gasteiger partial charge in [0.15, 0.2) is 5.16 Å². The first-order chi connectivity index (χ1) is 11.8. The molecule has 1 N–H and O–H groups in total. The van der Waals surface area contributed by atoms with Crippen molar-refractivity contribution in [2.75, 3.05) is 18.1 Å². The monoisotopic (exact) mass is 382 g/mol. The van der Waals surface area contributed by atoms with Crippen molar-refractivity contribution < 1.29 is 4.79 Å². The molecule has 2 heterocycles. The van der Waals surface area contributed by atoms with Gasteiger partial charge in [0.1, 0.15) is 5.82 Å². The maximum absolute atomic E-state index is 12.0. The van der Waals surface area contributed by atoms with Crippen molar-refractivity contribution in [2.45, 2.75) is 43.1 Å². The second-order valence-corrected chi connectivity index (χ2v) is 8.71. The predicted octanol–water partition coefficient (Wildman–Crippen LogP) is 3.38. The smallest absolute Gasteiger partial charge is 0.230 e. The molecule has 24 heavy (non-hydrogen) atoms. The summed E-state index contributed by atoms with van der Waals surface area (Å²) in [4.78, 5) is 13.3. The zero-order valence-electron chi connectivity index (χ0n) is 13.7. The van der Waals surface area contributed by atoms with Crippen molar-refractivity contribution in [3.05, 3.63) is 28.2 Å². The van der Waals surface area contributed by atoms with E-state index in [2.05, 4.69) is 44.5 Å². The maximum atomic E-state index is 12.0. The van der Waals surface area contributed by atoms with Gasteiger partial charge in [-0.25, -0.2) is 0 Å². The normalized spacial score (nSPS) is 14.0. The molecule has 0 aliphatic heterocycles. The van der Waals surface area contributed by atoms with E-state index in [4.69, 9.17) is 0 Å². The Balaban J connectivity index is 1.33. The Labute approximate surface area is 155 Å². The van der Waals surface area contributed by atoms with Crippen molar-refractivity contribution >= 4 is 40.8 Å². The number of carbonyl (C=O) groups excluding carboxylic acids is 1. The summed E-state index contributed by atoms with van der Waals surface area (Å²) in [5.41, 5.74) is 0. The number of aromatic nitrogens is 3. The molecule has 0 radical (unpaired) electrons. The van der Waals surface area contributed by atoms with E-state index < -0.39 is 0 Å². The average molecular weight is 383 g/mol. The lowest BCUT2D eigenvalue weighted by atomic mass is 10.4. The summed E-state index contributed by atoms with van der Waals surface area (Å²) in [5.74, 6) is 4.09. The van der Waals surface area contributed by atoms with Gasteiger partial charge < -0.3 is 9.88 Å². The molecule has 3 rings (SSSR count). The molecule has 2 aromatic heterocycles. The van der Waals surface area contributed by atoms with Gasteiger partial charge in [-0.2, -0.15) is 11.8 Å². The minimum Gasteiger partial charge on any atom is -0.355 e. The van der Waals surface area contributed by atoms with Crippen LogP contribution in [-0.4, -0.2) is 38.7 Å². The van der Waals surface area contributed by atoms with Crippen LogP contribution in [0.5, 0.6) is 0 Å². The molecule has 1 fully saturated rings. The summed E-state index contributed by atoms with van der Waals surface area (Å²) in [7, 11) is 0. The second-order valence-electron chi connectivity index (χ2n) is 5.63. The summed E-state index contributed by atoms with van der Waals surface area (Å²) in [6.07, 6.45) is 2.43. The molecule has 1 aliphatic rings. The molecule has 5 nitrogen and oxygen atoms in total. The highest BCUT2D eigenvalue weighted by Crippen LogP contribution is 2.39. The largest absolute Gasteiger partial charge is 0.355 e. The van der Waals surface area contributed by atoms with Crippen LogP contribution in [-0.2, 0) is 17.1 Å². The summed E-state index contributed by atoms with van der Waals surface area (Å²) in [5, 5.41) is 14.5. The molecule has 2 aromatic rings. The van der Waals surface area contributed by atoms with Crippen LogP contribution >= 0.6 is 34.9 Å². The Morgan fingerprint density at radius 1 is 1.46 bits per heavy atom. The van der Waals surface area contributed by atoms with E-state index in [0.717, 1.165) is 29.0 Å². The Bertz CT molecular complexity index is 652. The van der Waals surface area contributed by atoms with Gasteiger partial charge in [0.05, 0.1) is 5.75 Å². The average Bonchev–Trinajstić information content (AvgIpc) is 3.14. The van der Waals surface area contributed by atoms with Gasteiger partial charge in [-0.3, -0.25) is 4.79 Å². The molecule has 8 heteroatoms. The molecule has 0 bridgehead atoms. The Kier molecular flexibility index (Phi) is 6.62. The third-order valence-corrected chi connectivity index (χ3v) is 6.76. The molecule has 0 atom stereocenters. The number of hydrogen-bond donors (Lipinski definition) is 1. The summed E-state index contributed by atoms with van der Waals surface area (Å²) < 4.78 is 2.15. The lowest BCUT2D eigenvalue weighted by Crippen LogP contribution is -2.27. The zero-order valence-corrected chi connectivity index (χ0v) is 16.2. The molecule has 1 aliphatic carbocycles. The van der Waals surface area contributed by atoms with Crippen LogP contribution in [0.2, 0.25) is 0 Å². The maximum Gasteiger partial charge on any atom is 0.230 e. The minimum atomic E-state index is 0.0651. The van der Waals surface area contributed by atoms with Crippen LogP contribution in [0.4, 0.5) is 0 Å². The molecule has 0 saturated heterocycles. The fourth-order valence-corrected chi connectivity index (χ4v) is 4.90. The van der Waals surface area contributed by atoms with Crippen molar-refractivity contribution in [3.63, 3.8) is 0 Å². The Hall–Kier alpha value is -0.990. The predicted molar refractivity (Wildman–Crippen MR) is 102 cm³/mol. The fourth-order valence-electron chi connectivity index (χ4n) is 2.36. The van der Waals surface area contributed by atoms with Crippen molar-refractivity contribution in [1.82, 2.24) is 20.1 Å². The molecular weight excluding hydrogens is 360 g/mol. The highest BCUT2D eigenvalue weighted by molar-refractivity contribution is 7.99. The van der Waals surface area contributed by atoms with E-state index in [1.165, 1.54) is 29.5 Å². The van der Waals surface area contributed by atoms with Crippen molar-refractivity contribution in [2.24, 2.45) is 0 Å². The second kappa shape index (κ2) is 8.92. The summed E-state index contributed by atoms with van der Waals surface area (Å²) >= 11 is 5.11. The van der Waals surface area contributed by atoms with Crippen molar-refractivity contribution in [1.29, 1.82) is 0 Å². The van der Waals surface area contributed by atoms with Crippen LogP contribution in [0.25, 0.3) is 0 Å². The molecule has 0 spiro atoms. The van der Waals surface area contributed by atoms with Crippen LogP contribution in [0.3, 0.4) is 0 Å². The molecular formula is C16H22N4OS3. The number of thioether (sulfide) groups is 2. The molecule has 0 unspecified atom stereocenters. The third-order valence-electron chi connectivity index (χ3n) is 3.73. The molecule has 1 amide bonds. The topological polar surface area (TPSA) is 59.8 Å². The van der Waals surface area contributed by atoms with Crippen molar-refractivity contribution in [3.8, 4) is 0 Å². The molecule has 0 aromatic carbocycles. The van der Waals surface area contributed by atoms with Crippen LogP contribution in [0.1, 0.15) is 36.4 Å². The molecule has 1 saturated carbocycles. The summed E-state index contributed by atoms with van der Waals surface area (Å²) in [6, 6.07) is 4.22. The van der Waals surface area contributed by atoms with Crippen LogP contribution < -0.4 is 5.32 Å². The number of nitrogens with one attached hydrogen (secondary N) is 1. The number of carbonyl (C=O) groups is 1. The van der Waals surface area contributed by atoms with E-state index in [1.54, 1.807) is 11.3 Å². The van der Waals surface area contributed by atoms with Gasteiger partial charge >= 0.3 is 0 Å². The van der Waals surface area contributed by atoms with E-state index in [9.17, 15) is 4.79 Å². The highest BCUT2D eigenvalue weighted by Gasteiger charge is 2.30. The van der Waals surface area contributed by atoms with Gasteiger partial charge in [0, 0.05) is 35.4 Å². The standard InChI is InChI=1S/C16H22N4OS3/c1-2-20-15(12-5-6-12)18-19-16(20)24-11-14(21)17-7-9-22-10-13-4-3-8-23-13/h3-4,8,12H,2,5-7,9-11H2,1H3,(H,17,21). The zero-order chi connectivity index (χ0) is 16.8. The third kappa shape index (κ3) is 5.00. The number of nitrogens with zero attached hydrogens (tertiary/aromatic N) is 3. The number of amides is 1. The highest BCUT2D eigenvalue weighted by atomic mass is 32.2. The summed E-state index contributed by atoms with van der Waals surface area (Å²) in [6.45, 7) is 3.68. The first-order valence-electron chi connectivity index (χ1n) is 8.20.